The van der Waals surface area contributed by atoms with Crippen LogP contribution in [0.5, 0.6) is 0 Å². The normalized spacial score (nSPS) is 11.6. The van der Waals surface area contributed by atoms with Crippen LogP contribution in [-0.2, 0) is 0 Å². The van der Waals surface area contributed by atoms with E-state index in [1.54, 1.807) is 0 Å². The van der Waals surface area contributed by atoms with Gasteiger partial charge >= 0.3 is 0 Å². The van der Waals surface area contributed by atoms with Gasteiger partial charge in [0.1, 0.15) is 89.6 Å². The molecule has 1 heterocycles. The van der Waals surface area contributed by atoms with E-state index in [0.29, 0.717) is 22.3 Å². The van der Waals surface area contributed by atoms with Crippen LogP contribution in [-0.4, -0.2) is 78.5 Å². The smallest absolute Gasteiger partial charge is 0.136 e. The Morgan fingerprint density at radius 2 is 0.745 bits per heavy atom. The number of hydrogen-bond acceptors (Lipinski definition) is 1. The molecule has 0 saturated carbocycles. The molecular formula is C44H18B10O. The first-order valence-corrected chi connectivity index (χ1v) is 17.5. The molecule has 0 amide bonds. The molecule has 0 aliphatic heterocycles. The van der Waals surface area contributed by atoms with Crippen LogP contribution in [0.3, 0.4) is 0 Å². The highest BCUT2D eigenvalue weighted by molar-refractivity contribution is 6.70. The molecule has 0 saturated heterocycles. The van der Waals surface area contributed by atoms with Crippen LogP contribution in [0.15, 0.2) is 114 Å². The lowest BCUT2D eigenvalue weighted by Crippen LogP contribution is -2.55. The van der Waals surface area contributed by atoms with E-state index in [2.05, 4.69) is 48.5 Å². The van der Waals surface area contributed by atoms with E-state index >= 15 is 0 Å². The van der Waals surface area contributed by atoms with E-state index in [1.807, 2.05) is 60.7 Å². The van der Waals surface area contributed by atoms with Crippen molar-refractivity contribution in [3.8, 4) is 44.5 Å². The summed E-state index contributed by atoms with van der Waals surface area (Å²) in [5.74, 6) is 0. The van der Waals surface area contributed by atoms with Gasteiger partial charge < -0.3 is 4.42 Å². The maximum Gasteiger partial charge on any atom is 0.136 e. The number of para-hydroxylation sites is 1. The zero-order valence-electron chi connectivity index (χ0n) is 29.6. The van der Waals surface area contributed by atoms with Crippen LogP contribution >= 0.6 is 0 Å². The van der Waals surface area contributed by atoms with Gasteiger partial charge in [0.25, 0.3) is 0 Å². The quantitative estimate of drug-likeness (QED) is 0.197. The second-order valence-electron chi connectivity index (χ2n) is 13.8. The van der Waals surface area contributed by atoms with Gasteiger partial charge in [0.2, 0.25) is 0 Å². The number of fused-ring (bicyclic) bond motifs is 5. The molecule has 0 unspecified atom stereocenters. The van der Waals surface area contributed by atoms with E-state index < -0.39 is 0 Å². The highest BCUT2D eigenvalue weighted by Gasteiger charge is 2.23. The number of hydrogen-bond donors (Lipinski definition) is 0. The molecule has 55 heavy (non-hydrogen) atoms. The van der Waals surface area contributed by atoms with Crippen LogP contribution in [0.25, 0.3) is 88.0 Å². The Morgan fingerprint density at radius 3 is 1.27 bits per heavy atom. The summed E-state index contributed by atoms with van der Waals surface area (Å²) in [6.07, 6.45) is 0. The summed E-state index contributed by atoms with van der Waals surface area (Å²) in [5.41, 5.74) is 9.77. The predicted octanol–water partition coefficient (Wildman–Crippen LogP) is 0.498. The Hall–Kier alpha value is -5.27. The molecule has 0 bridgehead atoms. The van der Waals surface area contributed by atoms with Gasteiger partial charge in [0.15, 0.2) is 0 Å². The third kappa shape index (κ3) is 5.30. The van der Waals surface area contributed by atoms with Gasteiger partial charge in [0.05, 0.1) is 0 Å². The maximum atomic E-state index is 6.64. The van der Waals surface area contributed by atoms with Crippen molar-refractivity contribution in [3.05, 3.63) is 109 Å². The van der Waals surface area contributed by atoms with Gasteiger partial charge in [-0.3, -0.25) is 0 Å². The van der Waals surface area contributed by atoms with Crippen LogP contribution in [0, 0.1) is 0 Å². The summed E-state index contributed by atoms with van der Waals surface area (Å²) in [7, 11) is 64.4. The van der Waals surface area contributed by atoms with Crippen molar-refractivity contribution in [1.29, 1.82) is 0 Å². The maximum absolute atomic E-state index is 6.64. The fourth-order valence-electron chi connectivity index (χ4n) is 8.05. The number of furan rings is 1. The van der Waals surface area contributed by atoms with Gasteiger partial charge in [-0.2, -0.15) is 0 Å². The molecule has 1 aromatic heterocycles. The predicted molar refractivity (Wildman–Crippen MR) is 244 cm³/mol. The summed E-state index contributed by atoms with van der Waals surface area (Å²) in [6.45, 7) is 0. The molecule has 0 aliphatic rings. The molecule has 0 fully saturated rings. The van der Waals surface area contributed by atoms with Crippen LogP contribution in [0.4, 0.5) is 0 Å². The van der Waals surface area contributed by atoms with Crippen molar-refractivity contribution in [1.82, 2.24) is 0 Å². The fraction of sp³-hybridized carbons (Fsp3) is 0. The van der Waals surface area contributed by atoms with E-state index in [1.165, 1.54) is 0 Å². The topological polar surface area (TPSA) is 13.1 Å². The minimum absolute atomic E-state index is 0.147. The highest BCUT2D eigenvalue weighted by Crippen LogP contribution is 2.48. The van der Waals surface area contributed by atoms with Gasteiger partial charge in [0, 0.05) is 10.8 Å². The summed E-state index contributed by atoms with van der Waals surface area (Å²) in [4.78, 5) is 0. The molecule has 9 aromatic rings. The van der Waals surface area contributed by atoms with Crippen LogP contribution < -0.4 is 54.6 Å². The molecular weight excluding hydrogens is 653 g/mol. The summed E-state index contributed by atoms with van der Waals surface area (Å²) < 4.78 is 6.38. The molecule has 0 aliphatic carbocycles. The lowest BCUT2D eigenvalue weighted by molar-refractivity contribution is 0.669. The lowest BCUT2D eigenvalue weighted by Gasteiger charge is -2.24. The summed E-state index contributed by atoms with van der Waals surface area (Å²) in [5, 5.41) is 5.72. The van der Waals surface area contributed by atoms with Crippen LogP contribution in [0.1, 0.15) is 0 Å². The fourth-order valence-corrected chi connectivity index (χ4v) is 8.05. The first-order chi connectivity index (χ1) is 26.5. The van der Waals surface area contributed by atoms with E-state index in [0.717, 1.165) is 65.7 Å². The molecule has 8 aromatic carbocycles. The number of benzene rings is 8. The zero-order chi connectivity index (χ0) is 38.4. The largest absolute Gasteiger partial charge is 0.456 e. The highest BCUT2D eigenvalue weighted by atomic mass is 16.3. The first kappa shape index (κ1) is 35.4. The van der Waals surface area contributed by atoms with Gasteiger partial charge in [-0.1, -0.05) is 107 Å². The lowest BCUT2D eigenvalue weighted by atomic mass is 9.59. The Labute approximate surface area is 333 Å². The molecule has 9 rings (SSSR count). The molecule has 230 valence electrons. The summed E-state index contributed by atoms with van der Waals surface area (Å²) in [6, 6.07) is 36.5. The third-order valence-corrected chi connectivity index (χ3v) is 10.8. The van der Waals surface area contributed by atoms with Crippen molar-refractivity contribution < 1.29 is 4.42 Å². The second kappa shape index (κ2) is 13.2. The van der Waals surface area contributed by atoms with E-state index in [4.69, 9.17) is 82.9 Å². The molecule has 20 radical (unpaired) electrons. The Bertz CT molecular complexity index is 2910. The van der Waals surface area contributed by atoms with Crippen molar-refractivity contribution in [3.63, 3.8) is 0 Å². The molecule has 0 atom stereocenters. The SMILES string of the molecule is [B]c1c([B])c([B])c(-c2ccc3c(-c4cccc5oc6ccccc6c45)c4ccc(-c5c([B])c([B])c([B])c([B])c5[B])cc4c(-c4ccccc4)c3c2)c([B])c1[B]. The molecule has 11 heteroatoms. The van der Waals surface area contributed by atoms with Crippen LogP contribution in [0.2, 0.25) is 0 Å². The minimum Gasteiger partial charge on any atom is -0.456 e. The second-order valence-corrected chi connectivity index (χ2v) is 13.8. The minimum atomic E-state index is 0.147. The van der Waals surface area contributed by atoms with Gasteiger partial charge in [-0.15, -0.1) is 32.8 Å². The third-order valence-electron chi connectivity index (χ3n) is 10.8. The summed E-state index contributed by atoms with van der Waals surface area (Å²) >= 11 is 0. The van der Waals surface area contributed by atoms with E-state index in [9.17, 15) is 0 Å². The molecule has 0 spiro atoms. The molecule has 0 N–H and O–H groups in total. The van der Waals surface area contributed by atoms with Crippen molar-refractivity contribution in [2.45, 2.75) is 0 Å². The average molecular weight is 671 g/mol. The molecule has 1 nitrogen and oxygen atoms in total. The first-order valence-electron chi connectivity index (χ1n) is 17.5. The van der Waals surface area contributed by atoms with Gasteiger partial charge in [-0.25, -0.2) is 0 Å². The Kier molecular flexibility index (Phi) is 8.50. The van der Waals surface area contributed by atoms with E-state index in [-0.39, 0.29) is 54.6 Å². The number of rotatable bonds is 4. The zero-order valence-corrected chi connectivity index (χ0v) is 29.6. The van der Waals surface area contributed by atoms with Crippen molar-refractivity contribution >= 4 is 177 Å². The van der Waals surface area contributed by atoms with Gasteiger partial charge in [-0.05, 0) is 90.3 Å². The van der Waals surface area contributed by atoms with Crippen molar-refractivity contribution in [2.24, 2.45) is 0 Å². The van der Waals surface area contributed by atoms with Crippen molar-refractivity contribution in [2.75, 3.05) is 0 Å². The standard InChI is InChI=1S/C44H18B10O/c45-35-31(36(46)40(50)43(53)39(35)49)20-13-15-22-26(17-20)30(19-7-2-1-3-8-19)27-18-21(32-37(47)41(51)44(54)42(52)38(32)48)14-16-23(27)33(22)25-10-6-12-29-34(25)24-9-4-5-11-28(24)55-29/h1-18H. The average Bonchev–Trinajstić information content (AvgIpc) is 3.59. The Balaban J connectivity index is 1.50. The Morgan fingerprint density at radius 1 is 0.291 bits per heavy atom. The monoisotopic (exact) mass is 672 g/mol.